The molecule has 1 aliphatic carbocycles. The van der Waals surface area contributed by atoms with Crippen molar-refractivity contribution in [1.29, 1.82) is 0 Å². The number of carbonyl (C=O) groups excluding carboxylic acids is 1. The fourth-order valence-corrected chi connectivity index (χ4v) is 3.20. The van der Waals surface area contributed by atoms with E-state index < -0.39 is 9.05 Å². The molecule has 4 nitrogen and oxygen atoms in total. The first-order chi connectivity index (χ1) is 8.79. The van der Waals surface area contributed by atoms with Crippen molar-refractivity contribution in [3.05, 3.63) is 28.3 Å². The highest BCUT2D eigenvalue weighted by molar-refractivity contribution is 8.13. The highest BCUT2D eigenvalue weighted by Gasteiger charge is 2.23. The Morgan fingerprint density at radius 1 is 1.42 bits per heavy atom. The van der Waals surface area contributed by atoms with E-state index in [1.165, 1.54) is 12.1 Å². The van der Waals surface area contributed by atoms with Crippen molar-refractivity contribution in [1.82, 2.24) is 5.32 Å². The lowest BCUT2D eigenvalue weighted by molar-refractivity contribution is 0.0951. The summed E-state index contributed by atoms with van der Waals surface area (Å²) in [5, 5.41) is 2.96. The second kappa shape index (κ2) is 5.31. The van der Waals surface area contributed by atoms with Crippen LogP contribution in [0.4, 0.5) is 0 Å². The maximum atomic E-state index is 11.9. The molecule has 7 heteroatoms. The summed E-state index contributed by atoms with van der Waals surface area (Å²) in [6.07, 6.45) is 2.24. The Kier molecular flexibility index (Phi) is 4.08. The number of hydrogen-bond donors (Lipinski definition) is 1. The van der Waals surface area contributed by atoms with E-state index in [-0.39, 0.29) is 21.4 Å². The van der Waals surface area contributed by atoms with Crippen LogP contribution in [0.15, 0.2) is 17.0 Å². The van der Waals surface area contributed by atoms with Gasteiger partial charge >= 0.3 is 0 Å². The lowest BCUT2D eigenvalue weighted by Crippen LogP contribution is -2.25. The van der Waals surface area contributed by atoms with E-state index in [4.69, 9.17) is 22.3 Å². The van der Waals surface area contributed by atoms with Gasteiger partial charge < -0.3 is 5.32 Å². The summed E-state index contributed by atoms with van der Waals surface area (Å²) in [5.41, 5.74) is 0.547. The Labute approximate surface area is 121 Å². The summed E-state index contributed by atoms with van der Waals surface area (Å²) in [4.78, 5) is 11.8. The molecule has 1 amide bonds. The van der Waals surface area contributed by atoms with E-state index in [0.717, 1.165) is 12.8 Å². The molecule has 0 unspecified atom stereocenters. The highest BCUT2D eigenvalue weighted by Crippen LogP contribution is 2.29. The smallest absolute Gasteiger partial charge is 0.261 e. The topological polar surface area (TPSA) is 63.2 Å². The second-order valence-corrected chi connectivity index (χ2v) is 7.61. The maximum absolute atomic E-state index is 11.9. The molecular weight excluding hydrogens is 309 g/mol. The molecule has 1 N–H and O–H groups in total. The van der Waals surface area contributed by atoms with E-state index in [2.05, 4.69) is 5.32 Å². The molecule has 0 heterocycles. The number of carbonyl (C=O) groups is 1. The minimum absolute atomic E-state index is 0.127. The summed E-state index contributed by atoms with van der Waals surface area (Å²) < 4.78 is 22.9. The van der Waals surface area contributed by atoms with Crippen molar-refractivity contribution in [2.45, 2.75) is 24.7 Å². The van der Waals surface area contributed by atoms with E-state index in [9.17, 15) is 13.2 Å². The summed E-state index contributed by atoms with van der Waals surface area (Å²) in [7, 11) is 1.41. The van der Waals surface area contributed by atoms with Crippen LogP contribution in [-0.2, 0) is 9.05 Å². The van der Waals surface area contributed by atoms with E-state index in [1.807, 2.05) is 0 Å². The first-order valence-electron chi connectivity index (χ1n) is 5.82. The largest absolute Gasteiger partial charge is 0.352 e. The summed E-state index contributed by atoms with van der Waals surface area (Å²) in [5.74, 6) is 0.205. The van der Waals surface area contributed by atoms with Gasteiger partial charge in [0.05, 0.1) is 4.90 Å². The predicted molar refractivity (Wildman–Crippen MR) is 74.3 cm³/mol. The molecule has 0 saturated heterocycles. The van der Waals surface area contributed by atoms with Crippen LogP contribution in [-0.4, -0.2) is 20.9 Å². The molecule has 0 atom stereocenters. The first kappa shape index (κ1) is 14.6. The van der Waals surface area contributed by atoms with Crippen LogP contribution < -0.4 is 5.32 Å². The minimum atomic E-state index is -3.92. The number of benzene rings is 1. The third-order valence-corrected chi connectivity index (χ3v) is 4.91. The molecule has 0 aliphatic heterocycles. The van der Waals surface area contributed by atoms with Crippen molar-refractivity contribution in [2.75, 3.05) is 6.54 Å². The Hall–Kier alpha value is -0.780. The number of hydrogen-bond acceptors (Lipinski definition) is 3. The van der Waals surface area contributed by atoms with Gasteiger partial charge in [-0.05, 0) is 43.4 Å². The first-order valence-corrected chi connectivity index (χ1v) is 8.51. The molecule has 1 aromatic carbocycles. The van der Waals surface area contributed by atoms with Gasteiger partial charge in [0.15, 0.2) is 0 Å². The van der Waals surface area contributed by atoms with Crippen LogP contribution in [0.2, 0.25) is 5.02 Å². The molecule has 0 aromatic heterocycles. The van der Waals surface area contributed by atoms with Crippen molar-refractivity contribution in [3.8, 4) is 0 Å². The Bertz CT molecular complexity index is 624. The van der Waals surface area contributed by atoms with Crippen LogP contribution in [0.3, 0.4) is 0 Å². The summed E-state index contributed by atoms with van der Waals surface area (Å²) >= 11 is 5.94. The lowest BCUT2D eigenvalue weighted by Gasteiger charge is -2.09. The van der Waals surface area contributed by atoms with Gasteiger partial charge in [-0.1, -0.05) is 11.6 Å². The standard InChI is InChI=1S/C12H13Cl2NO3S/c1-7-10(13)4-9(5-11(7)19(14,17)18)12(16)15-6-8-2-3-8/h4-5,8H,2-3,6H2,1H3,(H,15,16). The molecule has 1 aromatic rings. The average molecular weight is 322 g/mol. The third-order valence-electron chi connectivity index (χ3n) is 3.07. The van der Waals surface area contributed by atoms with Crippen LogP contribution in [0.25, 0.3) is 0 Å². The summed E-state index contributed by atoms with van der Waals surface area (Å²) in [6, 6.07) is 2.70. The zero-order valence-corrected chi connectivity index (χ0v) is 12.6. The SMILES string of the molecule is Cc1c(Cl)cc(C(=O)NCC2CC2)cc1S(=O)(=O)Cl. The quantitative estimate of drug-likeness (QED) is 0.867. The lowest BCUT2D eigenvalue weighted by atomic mass is 10.1. The Morgan fingerprint density at radius 2 is 2.05 bits per heavy atom. The number of amides is 1. The second-order valence-electron chi connectivity index (χ2n) is 4.67. The zero-order chi connectivity index (χ0) is 14.2. The molecule has 1 fully saturated rings. The van der Waals surface area contributed by atoms with Crippen LogP contribution in [0.1, 0.15) is 28.8 Å². The molecular formula is C12H13Cl2NO3S. The molecule has 0 spiro atoms. The minimum Gasteiger partial charge on any atom is -0.352 e. The number of nitrogens with one attached hydrogen (secondary N) is 1. The van der Waals surface area contributed by atoms with Gasteiger partial charge in [0.1, 0.15) is 0 Å². The van der Waals surface area contributed by atoms with Crippen LogP contribution >= 0.6 is 22.3 Å². The van der Waals surface area contributed by atoms with Crippen LogP contribution in [0.5, 0.6) is 0 Å². The monoisotopic (exact) mass is 321 g/mol. The van der Waals surface area contributed by atoms with Gasteiger partial charge in [0.25, 0.3) is 15.0 Å². The molecule has 19 heavy (non-hydrogen) atoms. The van der Waals surface area contributed by atoms with Crippen LogP contribution in [0, 0.1) is 12.8 Å². The third kappa shape index (κ3) is 3.61. The molecule has 1 aliphatic rings. The molecule has 2 rings (SSSR count). The van der Waals surface area contributed by atoms with Gasteiger partial charge in [-0.15, -0.1) is 0 Å². The molecule has 104 valence electrons. The Balaban J connectivity index is 2.30. The van der Waals surface area contributed by atoms with Gasteiger partial charge in [-0.2, -0.15) is 0 Å². The van der Waals surface area contributed by atoms with Crippen molar-refractivity contribution in [2.24, 2.45) is 5.92 Å². The summed E-state index contributed by atoms with van der Waals surface area (Å²) in [6.45, 7) is 2.15. The van der Waals surface area contributed by atoms with Gasteiger partial charge in [-0.3, -0.25) is 4.79 Å². The van der Waals surface area contributed by atoms with E-state index in [1.54, 1.807) is 6.92 Å². The van der Waals surface area contributed by atoms with Gasteiger partial charge in [0, 0.05) is 27.8 Å². The maximum Gasteiger partial charge on any atom is 0.261 e. The number of halogens is 2. The average Bonchev–Trinajstić information content (AvgIpc) is 3.11. The predicted octanol–water partition coefficient (Wildman–Crippen LogP) is 2.72. The van der Waals surface area contributed by atoms with Crippen molar-refractivity contribution >= 4 is 37.2 Å². The molecule has 1 saturated carbocycles. The normalized spacial score (nSPS) is 15.3. The van der Waals surface area contributed by atoms with E-state index >= 15 is 0 Å². The fraction of sp³-hybridized carbons (Fsp3) is 0.417. The van der Waals surface area contributed by atoms with Gasteiger partial charge in [-0.25, -0.2) is 8.42 Å². The molecule has 0 radical (unpaired) electrons. The highest BCUT2D eigenvalue weighted by atomic mass is 35.7. The van der Waals surface area contributed by atoms with Crippen molar-refractivity contribution < 1.29 is 13.2 Å². The van der Waals surface area contributed by atoms with E-state index in [0.29, 0.717) is 18.0 Å². The fourth-order valence-electron chi connectivity index (χ4n) is 1.70. The van der Waals surface area contributed by atoms with Gasteiger partial charge in [0.2, 0.25) is 0 Å². The zero-order valence-electron chi connectivity index (χ0n) is 10.2. The Morgan fingerprint density at radius 3 is 2.58 bits per heavy atom. The molecule has 0 bridgehead atoms. The number of rotatable bonds is 4. The van der Waals surface area contributed by atoms with Crippen molar-refractivity contribution in [3.63, 3.8) is 0 Å².